The molecule has 0 radical (unpaired) electrons. The summed E-state index contributed by atoms with van der Waals surface area (Å²) in [6, 6.07) is 10.6. The van der Waals surface area contributed by atoms with Crippen molar-refractivity contribution in [3.8, 4) is 0 Å². The summed E-state index contributed by atoms with van der Waals surface area (Å²) in [4.78, 5) is 22.9. The number of aryl methyl sites for hydroxylation is 2. The average molecular weight is 464 g/mol. The van der Waals surface area contributed by atoms with Crippen LogP contribution in [0.15, 0.2) is 47.3 Å². The summed E-state index contributed by atoms with van der Waals surface area (Å²) in [6.07, 6.45) is -4.10. The molecule has 1 aromatic heterocycles. The number of carbonyl (C=O) groups is 1. The summed E-state index contributed by atoms with van der Waals surface area (Å²) in [7, 11) is 2.76. The quantitative estimate of drug-likeness (QED) is 0.466. The number of aromatic nitrogens is 1. The van der Waals surface area contributed by atoms with Gasteiger partial charge in [-0.15, -0.1) is 0 Å². The van der Waals surface area contributed by atoms with Crippen molar-refractivity contribution in [2.45, 2.75) is 31.4 Å². The molecule has 0 unspecified atom stereocenters. The number of halogens is 4. The minimum Gasteiger partial charge on any atom is -0.468 e. The van der Waals surface area contributed by atoms with Crippen molar-refractivity contribution in [3.63, 3.8) is 0 Å². The SMILES string of the molecule is COC(=O)CN.Cc1cccc(C2(c3c(C(F)(F)F)c4ccccc4n(C)c3=O)CC2)c1F. The maximum absolute atomic E-state index is 14.8. The lowest BCUT2D eigenvalue weighted by molar-refractivity contribution is -0.139. The number of benzene rings is 2. The van der Waals surface area contributed by atoms with Crippen LogP contribution in [-0.4, -0.2) is 24.2 Å². The lowest BCUT2D eigenvalue weighted by atomic mass is 9.83. The Balaban J connectivity index is 0.000000454. The van der Waals surface area contributed by atoms with Crippen LogP contribution in [-0.2, 0) is 28.2 Å². The van der Waals surface area contributed by atoms with Crippen LogP contribution in [0.4, 0.5) is 17.6 Å². The van der Waals surface area contributed by atoms with Gasteiger partial charge < -0.3 is 15.0 Å². The lowest BCUT2D eigenvalue weighted by Crippen LogP contribution is -2.33. The zero-order chi connectivity index (χ0) is 24.6. The smallest absolute Gasteiger partial charge is 0.417 e. The molecule has 5 nitrogen and oxygen atoms in total. The van der Waals surface area contributed by atoms with E-state index in [1.807, 2.05) is 0 Å². The maximum atomic E-state index is 14.8. The number of hydrogen-bond acceptors (Lipinski definition) is 4. The number of hydrogen-bond donors (Lipinski definition) is 1. The molecule has 9 heteroatoms. The molecule has 176 valence electrons. The van der Waals surface area contributed by atoms with Gasteiger partial charge in [-0.1, -0.05) is 36.4 Å². The van der Waals surface area contributed by atoms with Gasteiger partial charge in [-0.05, 0) is 37.0 Å². The predicted molar refractivity (Wildman–Crippen MR) is 116 cm³/mol. The Morgan fingerprint density at radius 2 is 1.79 bits per heavy atom. The van der Waals surface area contributed by atoms with E-state index in [4.69, 9.17) is 5.73 Å². The Hall–Kier alpha value is -3.20. The number of nitrogens with zero attached hydrogens (tertiary/aromatic N) is 1. The third kappa shape index (κ3) is 4.37. The zero-order valence-electron chi connectivity index (χ0n) is 18.4. The van der Waals surface area contributed by atoms with Gasteiger partial charge >= 0.3 is 12.1 Å². The van der Waals surface area contributed by atoms with Crippen molar-refractivity contribution in [3.05, 3.63) is 80.9 Å². The third-order valence-corrected chi connectivity index (χ3v) is 5.92. The lowest BCUT2D eigenvalue weighted by Gasteiger charge is -2.24. The molecule has 1 aliphatic rings. The van der Waals surface area contributed by atoms with E-state index in [2.05, 4.69) is 4.74 Å². The van der Waals surface area contributed by atoms with Gasteiger partial charge in [0.15, 0.2) is 0 Å². The third-order valence-electron chi connectivity index (χ3n) is 5.92. The molecule has 3 aromatic rings. The van der Waals surface area contributed by atoms with E-state index in [1.165, 1.54) is 43.0 Å². The second-order valence-electron chi connectivity index (χ2n) is 7.93. The van der Waals surface area contributed by atoms with Crippen LogP contribution < -0.4 is 11.3 Å². The first-order valence-electron chi connectivity index (χ1n) is 10.2. The van der Waals surface area contributed by atoms with E-state index in [1.54, 1.807) is 25.1 Å². The van der Waals surface area contributed by atoms with Crippen LogP contribution in [0.2, 0.25) is 0 Å². The molecule has 33 heavy (non-hydrogen) atoms. The topological polar surface area (TPSA) is 74.3 Å². The molecule has 1 fully saturated rings. The molecule has 0 amide bonds. The number of rotatable bonds is 3. The number of pyridine rings is 1. The number of esters is 1. The van der Waals surface area contributed by atoms with E-state index < -0.39 is 28.5 Å². The van der Waals surface area contributed by atoms with E-state index in [9.17, 15) is 27.2 Å². The molecule has 2 aromatic carbocycles. The standard InChI is InChI=1S/C21H17F4NO.C3H7NO2/c1-12-6-5-8-14(18(12)22)20(10-11-20)17-16(21(23,24)25)13-7-3-4-9-15(13)26(2)19(17)27;1-6-3(5)2-4/h3-9H,10-11H2,1-2H3;2,4H2,1H3. The first-order valence-corrected chi connectivity index (χ1v) is 10.2. The molecule has 4 rings (SSSR count). The summed E-state index contributed by atoms with van der Waals surface area (Å²) >= 11 is 0. The van der Waals surface area contributed by atoms with Gasteiger partial charge in [0.2, 0.25) is 0 Å². The van der Waals surface area contributed by atoms with E-state index in [-0.39, 0.29) is 34.5 Å². The van der Waals surface area contributed by atoms with Gasteiger partial charge in [-0.2, -0.15) is 13.2 Å². The van der Waals surface area contributed by atoms with Crippen LogP contribution in [0.5, 0.6) is 0 Å². The van der Waals surface area contributed by atoms with Crippen LogP contribution >= 0.6 is 0 Å². The highest BCUT2D eigenvalue weighted by Crippen LogP contribution is 2.56. The van der Waals surface area contributed by atoms with Crippen LogP contribution in [0.1, 0.15) is 35.1 Å². The molecule has 0 aliphatic heterocycles. The minimum absolute atomic E-state index is 0.0312. The first kappa shape index (κ1) is 24.4. The number of nitrogens with two attached hydrogens (primary N) is 1. The Morgan fingerprint density at radius 1 is 1.15 bits per heavy atom. The molecule has 1 saturated carbocycles. The highest BCUT2D eigenvalue weighted by atomic mass is 19.4. The highest BCUT2D eigenvalue weighted by Gasteiger charge is 2.54. The summed E-state index contributed by atoms with van der Waals surface area (Å²) in [6.45, 7) is 1.54. The zero-order valence-corrected chi connectivity index (χ0v) is 18.4. The van der Waals surface area contributed by atoms with Gasteiger partial charge in [0, 0.05) is 23.4 Å². The number of carbonyl (C=O) groups excluding carboxylic acids is 1. The summed E-state index contributed by atoms with van der Waals surface area (Å²) in [5, 5.41) is -0.0403. The molecule has 1 heterocycles. The van der Waals surface area contributed by atoms with Crippen LogP contribution in [0, 0.1) is 12.7 Å². The van der Waals surface area contributed by atoms with E-state index in [0.29, 0.717) is 18.4 Å². The van der Waals surface area contributed by atoms with Gasteiger partial charge in [0.25, 0.3) is 5.56 Å². The minimum atomic E-state index is -4.72. The number of methoxy groups -OCH3 is 1. The molecule has 0 atom stereocenters. The van der Waals surface area contributed by atoms with Gasteiger partial charge in [0.1, 0.15) is 5.82 Å². The normalized spacial score (nSPS) is 14.4. The molecule has 0 spiro atoms. The van der Waals surface area contributed by atoms with Crippen molar-refractivity contribution in [2.75, 3.05) is 13.7 Å². The van der Waals surface area contributed by atoms with Crippen molar-refractivity contribution < 1.29 is 27.1 Å². The van der Waals surface area contributed by atoms with E-state index in [0.717, 1.165) is 0 Å². The fourth-order valence-electron chi connectivity index (χ4n) is 4.11. The Kier molecular flexibility index (Phi) is 6.65. The monoisotopic (exact) mass is 464 g/mol. The number of alkyl halides is 3. The van der Waals surface area contributed by atoms with Crippen LogP contribution in [0.3, 0.4) is 0 Å². The van der Waals surface area contributed by atoms with E-state index >= 15 is 0 Å². The number of fused-ring (bicyclic) bond motifs is 1. The van der Waals surface area contributed by atoms with Gasteiger partial charge in [0.05, 0.1) is 24.7 Å². The Labute approximate surface area is 187 Å². The maximum Gasteiger partial charge on any atom is 0.417 e. The largest absolute Gasteiger partial charge is 0.468 e. The summed E-state index contributed by atoms with van der Waals surface area (Å²) in [5.74, 6) is -0.923. The van der Waals surface area contributed by atoms with Crippen molar-refractivity contribution in [1.29, 1.82) is 0 Å². The second-order valence-corrected chi connectivity index (χ2v) is 7.93. The molecule has 0 saturated heterocycles. The van der Waals surface area contributed by atoms with Crippen molar-refractivity contribution in [1.82, 2.24) is 4.57 Å². The molecular weight excluding hydrogens is 440 g/mol. The van der Waals surface area contributed by atoms with Crippen molar-refractivity contribution in [2.24, 2.45) is 12.8 Å². The molecule has 0 bridgehead atoms. The molecular formula is C24H24F4N2O3. The average Bonchev–Trinajstić information content (AvgIpc) is 3.58. The highest BCUT2D eigenvalue weighted by molar-refractivity contribution is 5.85. The second kappa shape index (κ2) is 8.97. The number of para-hydroxylation sites is 1. The Bertz CT molecular complexity index is 1260. The summed E-state index contributed by atoms with van der Waals surface area (Å²) in [5.41, 5.74) is 2.28. The van der Waals surface area contributed by atoms with Gasteiger partial charge in [-0.25, -0.2) is 4.39 Å². The van der Waals surface area contributed by atoms with Crippen molar-refractivity contribution >= 4 is 16.9 Å². The van der Waals surface area contributed by atoms with Gasteiger partial charge in [-0.3, -0.25) is 9.59 Å². The fraction of sp³-hybridized carbons (Fsp3) is 0.333. The molecule has 1 aliphatic carbocycles. The summed E-state index contributed by atoms with van der Waals surface area (Å²) < 4.78 is 62.5. The van der Waals surface area contributed by atoms with Crippen LogP contribution in [0.25, 0.3) is 10.9 Å². The fourth-order valence-corrected chi connectivity index (χ4v) is 4.11. The first-order chi connectivity index (χ1) is 15.5. The number of ether oxygens (including phenoxy) is 1. The predicted octanol–water partition coefficient (Wildman–Crippen LogP) is 4.20. The Morgan fingerprint density at radius 3 is 2.30 bits per heavy atom. The molecule has 2 N–H and O–H groups in total.